The normalized spacial score (nSPS) is 11.1. The minimum absolute atomic E-state index is 0.112. The van der Waals surface area contributed by atoms with Crippen LogP contribution in [0, 0.1) is 5.92 Å². The largest absolute Gasteiger partial charge is 0.395 e. The van der Waals surface area contributed by atoms with Crippen molar-refractivity contribution in [1.82, 2.24) is 49.8 Å². The maximum atomic E-state index is 13.9. The molecule has 0 fully saturated rings. The van der Waals surface area contributed by atoms with E-state index in [1.54, 1.807) is 44.2 Å². The van der Waals surface area contributed by atoms with Crippen molar-refractivity contribution in [2.45, 2.75) is 46.7 Å². The lowest BCUT2D eigenvalue weighted by atomic mass is 10.2. The van der Waals surface area contributed by atoms with Gasteiger partial charge >= 0.3 is 0 Å². The molecule has 414 valence electrons. The molecule has 28 nitrogen and oxygen atoms in total. The summed E-state index contributed by atoms with van der Waals surface area (Å²) >= 11 is 0. The van der Waals surface area contributed by atoms with E-state index in [2.05, 4.69) is 10.6 Å². The summed E-state index contributed by atoms with van der Waals surface area (Å²) in [5.74, 6) is -10.2. The van der Waals surface area contributed by atoms with Gasteiger partial charge in [0.05, 0.1) is 72.2 Å². The fourth-order valence-electron chi connectivity index (χ4n) is 6.90. The molecule has 0 radical (unpaired) electrons. The average Bonchev–Trinajstić information content (AvgIpc) is 3.32. The van der Waals surface area contributed by atoms with Crippen molar-refractivity contribution in [3.63, 3.8) is 0 Å². The number of aliphatic hydroxyl groups is 3. The van der Waals surface area contributed by atoms with Gasteiger partial charge in [-0.15, -0.1) is 0 Å². The number of nitrogens with two attached hydrogens (primary N) is 3. The number of benzene rings is 1. The van der Waals surface area contributed by atoms with E-state index in [0.29, 0.717) is 21.8 Å². The number of amides is 12. The molecule has 0 aromatic heterocycles. The van der Waals surface area contributed by atoms with Crippen LogP contribution in [0.3, 0.4) is 0 Å². The van der Waals surface area contributed by atoms with Crippen LogP contribution in [-0.2, 0) is 64.1 Å². The summed E-state index contributed by atoms with van der Waals surface area (Å²) < 4.78 is 0. The van der Waals surface area contributed by atoms with Gasteiger partial charge in [-0.25, -0.2) is 0 Å². The molecule has 0 aliphatic carbocycles. The highest BCUT2D eigenvalue weighted by molar-refractivity contribution is 5.96. The van der Waals surface area contributed by atoms with E-state index in [9.17, 15) is 67.7 Å². The number of hydrogen-bond donors (Lipinski definition) is 8. The Morgan fingerprint density at radius 2 is 0.959 bits per heavy atom. The summed E-state index contributed by atoms with van der Waals surface area (Å²) in [5, 5.41) is 33.1. The molecule has 1 atom stereocenters. The zero-order valence-corrected chi connectivity index (χ0v) is 42.9. The smallest absolute Gasteiger partial charge is 0.243 e. The molecule has 12 amide bonds. The second-order valence-corrected chi connectivity index (χ2v) is 17.6. The molecule has 1 rings (SSSR count). The highest BCUT2D eigenvalue weighted by Crippen LogP contribution is 2.11. The Morgan fingerprint density at radius 3 is 1.45 bits per heavy atom. The standard InChI is InChI=1S/C46H75N13O15/c1-6-33(4)59(46(74)30-55(20-32(2)3)43(71)26-54(14-17-62)39(67)18-50-12-15-60)31-41(69)52(5)25-38(66)51-19-40(68)56(21-34-10-8-7-9-11-34)28-44(72)58(24-37(49)65)29-45(73)57(23-36(48)64)27-42(70)53(13-16-61)22-35(47)63/h7-11,32-33,50,60-62H,6,12-31H2,1-5H3,(H2,47,63)(H2,48,64)(H2,49,65)(H,51,66)/t33-/m0/s1. The van der Waals surface area contributed by atoms with Crippen LogP contribution in [0.5, 0.6) is 0 Å². The van der Waals surface area contributed by atoms with Gasteiger partial charge in [-0.3, -0.25) is 57.5 Å². The van der Waals surface area contributed by atoms with Gasteiger partial charge in [0.15, 0.2) is 0 Å². The summed E-state index contributed by atoms with van der Waals surface area (Å²) in [6.07, 6.45) is 0.404. The maximum Gasteiger partial charge on any atom is 0.243 e. The second kappa shape index (κ2) is 34.2. The molecule has 0 saturated carbocycles. The van der Waals surface area contributed by atoms with E-state index in [4.69, 9.17) is 22.3 Å². The van der Waals surface area contributed by atoms with Gasteiger partial charge in [0.1, 0.15) is 26.2 Å². The Bertz CT molecular complexity index is 2080. The molecule has 28 heteroatoms. The molecule has 0 bridgehead atoms. The molecule has 1 aromatic rings. The third-order valence-corrected chi connectivity index (χ3v) is 10.9. The Hall–Kier alpha value is -7.30. The van der Waals surface area contributed by atoms with Crippen molar-refractivity contribution >= 4 is 70.9 Å². The lowest BCUT2D eigenvalue weighted by Gasteiger charge is -2.33. The molecule has 0 unspecified atom stereocenters. The summed E-state index contributed by atoms with van der Waals surface area (Å²) in [5.41, 5.74) is 16.4. The number of likely N-dealkylation sites (N-methyl/N-ethyl adjacent to an activating group) is 1. The van der Waals surface area contributed by atoms with E-state index in [0.717, 1.165) is 19.6 Å². The zero-order valence-electron chi connectivity index (χ0n) is 42.9. The monoisotopic (exact) mass is 1050 g/mol. The number of rotatable bonds is 36. The van der Waals surface area contributed by atoms with Gasteiger partial charge in [0.25, 0.3) is 0 Å². The van der Waals surface area contributed by atoms with Crippen molar-refractivity contribution in [3.8, 4) is 0 Å². The molecular weight excluding hydrogens is 975 g/mol. The molecule has 0 aliphatic rings. The Morgan fingerprint density at radius 1 is 0.514 bits per heavy atom. The number of aliphatic hydroxyl groups excluding tert-OH is 3. The third kappa shape index (κ3) is 24.9. The van der Waals surface area contributed by atoms with Crippen LogP contribution in [0.25, 0.3) is 0 Å². The van der Waals surface area contributed by atoms with Crippen molar-refractivity contribution < 1.29 is 72.9 Å². The van der Waals surface area contributed by atoms with Crippen LogP contribution < -0.4 is 27.8 Å². The van der Waals surface area contributed by atoms with Crippen LogP contribution in [0.2, 0.25) is 0 Å². The maximum absolute atomic E-state index is 13.9. The van der Waals surface area contributed by atoms with Crippen molar-refractivity contribution in [2.24, 2.45) is 23.1 Å². The summed E-state index contributed by atoms with van der Waals surface area (Å²) in [4.78, 5) is 165. The van der Waals surface area contributed by atoms with Gasteiger partial charge < -0.3 is 82.4 Å². The van der Waals surface area contributed by atoms with Crippen LogP contribution in [-0.4, -0.2) is 263 Å². The van der Waals surface area contributed by atoms with Gasteiger partial charge in [-0.1, -0.05) is 51.1 Å². The fraction of sp³-hybridized carbons (Fsp3) is 0.609. The zero-order chi connectivity index (χ0) is 56.1. The van der Waals surface area contributed by atoms with E-state index in [-0.39, 0.29) is 51.8 Å². The van der Waals surface area contributed by atoms with Crippen molar-refractivity contribution in [3.05, 3.63) is 35.9 Å². The molecule has 1 aromatic carbocycles. The first-order chi connectivity index (χ1) is 34.9. The van der Waals surface area contributed by atoms with Crippen molar-refractivity contribution in [1.29, 1.82) is 0 Å². The molecule has 0 saturated heterocycles. The number of carbonyl (C=O) groups excluding carboxylic acids is 12. The molecule has 0 heterocycles. The number of carbonyl (C=O) groups is 12. The first-order valence-electron chi connectivity index (χ1n) is 23.8. The minimum atomic E-state index is -1.08. The van der Waals surface area contributed by atoms with E-state index < -0.39 is 162 Å². The number of nitrogens with one attached hydrogen (secondary N) is 2. The number of hydrogen-bond acceptors (Lipinski definition) is 16. The minimum Gasteiger partial charge on any atom is -0.395 e. The highest BCUT2D eigenvalue weighted by Gasteiger charge is 2.31. The van der Waals surface area contributed by atoms with Crippen LogP contribution >= 0.6 is 0 Å². The average molecular weight is 1050 g/mol. The van der Waals surface area contributed by atoms with Crippen LogP contribution in [0.15, 0.2) is 30.3 Å². The molecule has 0 aliphatic heterocycles. The third-order valence-electron chi connectivity index (χ3n) is 10.9. The van der Waals surface area contributed by atoms with Crippen LogP contribution in [0.4, 0.5) is 0 Å². The summed E-state index contributed by atoms with van der Waals surface area (Å²) in [6, 6.07) is 7.77. The molecule has 0 spiro atoms. The number of primary amides is 3. The van der Waals surface area contributed by atoms with Crippen molar-refractivity contribution in [2.75, 3.05) is 132 Å². The van der Waals surface area contributed by atoms with Crippen LogP contribution in [0.1, 0.15) is 39.7 Å². The first kappa shape index (κ1) is 64.7. The highest BCUT2D eigenvalue weighted by atomic mass is 16.3. The van der Waals surface area contributed by atoms with Gasteiger partial charge in [0.2, 0.25) is 70.9 Å². The van der Waals surface area contributed by atoms with E-state index in [1.165, 1.54) is 16.8 Å². The van der Waals surface area contributed by atoms with E-state index >= 15 is 0 Å². The van der Waals surface area contributed by atoms with Gasteiger partial charge in [-0.05, 0) is 24.8 Å². The predicted molar refractivity (Wildman–Crippen MR) is 263 cm³/mol. The second-order valence-electron chi connectivity index (χ2n) is 17.6. The Kier molecular flexibility index (Phi) is 29.9. The lowest BCUT2D eigenvalue weighted by Crippen LogP contribution is -2.54. The number of nitrogens with zero attached hydrogens (tertiary/aromatic N) is 8. The lowest BCUT2D eigenvalue weighted by molar-refractivity contribution is -0.148. The molecule has 11 N–H and O–H groups in total. The fourth-order valence-corrected chi connectivity index (χ4v) is 6.90. The summed E-state index contributed by atoms with van der Waals surface area (Å²) in [7, 11) is 1.29. The predicted octanol–water partition coefficient (Wildman–Crippen LogP) is -6.96. The summed E-state index contributed by atoms with van der Waals surface area (Å²) in [6.45, 7) is -2.46. The quantitative estimate of drug-likeness (QED) is 0.0290. The molecule has 74 heavy (non-hydrogen) atoms. The Labute approximate surface area is 430 Å². The topological polar surface area (TPSA) is 394 Å². The Balaban J connectivity index is 3.23. The van der Waals surface area contributed by atoms with E-state index in [1.807, 2.05) is 13.8 Å². The van der Waals surface area contributed by atoms with Gasteiger partial charge in [0, 0.05) is 45.8 Å². The van der Waals surface area contributed by atoms with Gasteiger partial charge in [-0.2, -0.15) is 0 Å². The molecular formula is C46H75N13O15. The SMILES string of the molecule is CC[C@H](C)N(CC(=O)N(C)CC(=O)NCC(=O)N(CC(=O)N(CC(N)=O)CC(=O)N(CC(N)=O)CC(=O)N(CCO)CC(N)=O)Cc1ccccc1)C(=O)CN(CC(C)C)C(=O)CN(CCO)C(=O)CNCCO. The first-order valence-corrected chi connectivity index (χ1v) is 23.8.